The Hall–Kier alpha value is -1.26. The summed E-state index contributed by atoms with van der Waals surface area (Å²) in [5.74, 6) is -0.709. The lowest BCUT2D eigenvalue weighted by atomic mass is 10.2. The molecule has 2 amide bonds. The van der Waals surface area contributed by atoms with Crippen molar-refractivity contribution in [3.05, 3.63) is 28.2 Å². The number of anilines is 1. The molecule has 1 aromatic carbocycles. The average Bonchev–Trinajstić information content (AvgIpc) is 2.26. The topological polar surface area (TPSA) is 58.2 Å². The molecular formula is C13H16Cl2N2O2. The SMILES string of the molecule is CCC(C)NC(=O)CC(=O)Nc1cc(Cl)cc(Cl)c1. The standard InChI is InChI=1S/C13H16Cl2N2O2/c1-3-8(2)16-12(18)7-13(19)17-11-5-9(14)4-10(15)6-11/h4-6,8H,3,7H2,1-2H3,(H,16,18)(H,17,19). The first-order chi connectivity index (χ1) is 8.90. The minimum absolute atomic E-state index is 0.0564. The lowest BCUT2D eigenvalue weighted by molar-refractivity contribution is -0.127. The smallest absolute Gasteiger partial charge is 0.233 e. The summed E-state index contributed by atoms with van der Waals surface area (Å²) in [6, 6.07) is 4.76. The van der Waals surface area contributed by atoms with Crippen molar-refractivity contribution in [3.8, 4) is 0 Å². The number of carbonyl (C=O) groups excluding carboxylic acids is 2. The Morgan fingerprint density at radius 3 is 2.26 bits per heavy atom. The van der Waals surface area contributed by atoms with E-state index >= 15 is 0 Å². The Kier molecular flexibility index (Phi) is 6.12. The zero-order valence-electron chi connectivity index (χ0n) is 10.8. The summed E-state index contributed by atoms with van der Waals surface area (Å²) >= 11 is 11.6. The van der Waals surface area contributed by atoms with Gasteiger partial charge in [0, 0.05) is 21.8 Å². The van der Waals surface area contributed by atoms with Gasteiger partial charge in [0.2, 0.25) is 11.8 Å². The van der Waals surface area contributed by atoms with E-state index in [1.165, 1.54) is 0 Å². The molecule has 0 radical (unpaired) electrons. The maximum atomic E-state index is 11.7. The van der Waals surface area contributed by atoms with E-state index in [-0.39, 0.29) is 18.4 Å². The summed E-state index contributed by atoms with van der Waals surface area (Å²) in [6.45, 7) is 3.84. The van der Waals surface area contributed by atoms with E-state index in [4.69, 9.17) is 23.2 Å². The summed E-state index contributed by atoms with van der Waals surface area (Å²) in [7, 11) is 0. The number of hydrogen-bond donors (Lipinski definition) is 2. The van der Waals surface area contributed by atoms with E-state index < -0.39 is 5.91 Å². The molecule has 1 unspecified atom stereocenters. The minimum Gasteiger partial charge on any atom is -0.353 e. The molecule has 0 saturated heterocycles. The van der Waals surface area contributed by atoms with Crippen LogP contribution in [-0.4, -0.2) is 17.9 Å². The van der Waals surface area contributed by atoms with Gasteiger partial charge in [0.1, 0.15) is 6.42 Å². The van der Waals surface area contributed by atoms with E-state index in [0.29, 0.717) is 15.7 Å². The van der Waals surface area contributed by atoms with Gasteiger partial charge < -0.3 is 10.6 Å². The summed E-state index contributed by atoms with van der Waals surface area (Å²) in [5.41, 5.74) is 0.471. The molecule has 19 heavy (non-hydrogen) atoms. The molecule has 0 aliphatic heterocycles. The Bertz CT molecular complexity index is 457. The number of halogens is 2. The number of carbonyl (C=O) groups is 2. The van der Waals surface area contributed by atoms with Crippen LogP contribution in [0.2, 0.25) is 10.0 Å². The van der Waals surface area contributed by atoms with Gasteiger partial charge >= 0.3 is 0 Å². The normalized spacial score (nSPS) is 11.8. The van der Waals surface area contributed by atoms with Crippen LogP contribution in [0.15, 0.2) is 18.2 Å². The first-order valence-corrected chi connectivity index (χ1v) is 6.71. The maximum Gasteiger partial charge on any atom is 0.233 e. The zero-order valence-corrected chi connectivity index (χ0v) is 12.3. The Labute approximate surface area is 122 Å². The van der Waals surface area contributed by atoms with Crippen molar-refractivity contribution < 1.29 is 9.59 Å². The first-order valence-electron chi connectivity index (χ1n) is 5.96. The molecule has 0 aliphatic carbocycles. The van der Waals surface area contributed by atoms with Crippen LogP contribution in [0.25, 0.3) is 0 Å². The second kappa shape index (κ2) is 7.36. The molecular weight excluding hydrogens is 287 g/mol. The van der Waals surface area contributed by atoms with Crippen molar-refractivity contribution in [1.82, 2.24) is 5.32 Å². The molecule has 4 nitrogen and oxygen atoms in total. The molecule has 0 aliphatic rings. The van der Waals surface area contributed by atoms with Crippen molar-refractivity contribution in [2.75, 3.05) is 5.32 Å². The van der Waals surface area contributed by atoms with Crippen LogP contribution in [-0.2, 0) is 9.59 Å². The van der Waals surface area contributed by atoms with Crippen molar-refractivity contribution >= 4 is 40.7 Å². The minimum atomic E-state index is -0.404. The van der Waals surface area contributed by atoms with E-state index in [0.717, 1.165) is 6.42 Å². The second-order valence-electron chi connectivity index (χ2n) is 4.26. The Morgan fingerprint density at radius 1 is 1.16 bits per heavy atom. The largest absolute Gasteiger partial charge is 0.353 e. The quantitative estimate of drug-likeness (QED) is 0.820. The van der Waals surface area contributed by atoms with Crippen LogP contribution >= 0.6 is 23.2 Å². The van der Waals surface area contributed by atoms with Crippen molar-refractivity contribution in [2.45, 2.75) is 32.7 Å². The fraction of sp³-hybridized carbons (Fsp3) is 0.385. The number of hydrogen-bond acceptors (Lipinski definition) is 2. The van der Waals surface area contributed by atoms with Gasteiger partial charge in [-0.25, -0.2) is 0 Å². The van der Waals surface area contributed by atoms with Crippen molar-refractivity contribution in [3.63, 3.8) is 0 Å². The van der Waals surface area contributed by atoms with Crippen LogP contribution in [0, 0.1) is 0 Å². The van der Waals surface area contributed by atoms with Crippen LogP contribution < -0.4 is 10.6 Å². The Balaban J connectivity index is 2.53. The monoisotopic (exact) mass is 302 g/mol. The van der Waals surface area contributed by atoms with Crippen LogP contribution in [0.4, 0.5) is 5.69 Å². The predicted molar refractivity (Wildman–Crippen MR) is 77.6 cm³/mol. The highest BCUT2D eigenvalue weighted by molar-refractivity contribution is 6.35. The highest BCUT2D eigenvalue weighted by atomic mass is 35.5. The van der Waals surface area contributed by atoms with Gasteiger partial charge in [0.05, 0.1) is 0 Å². The number of amides is 2. The number of nitrogens with one attached hydrogen (secondary N) is 2. The summed E-state index contributed by atoms with van der Waals surface area (Å²) in [5, 5.41) is 6.14. The van der Waals surface area contributed by atoms with Gasteiger partial charge in [0.25, 0.3) is 0 Å². The van der Waals surface area contributed by atoms with Gasteiger partial charge in [-0.2, -0.15) is 0 Å². The fourth-order valence-electron chi connectivity index (χ4n) is 1.40. The van der Waals surface area contributed by atoms with Gasteiger partial charge in [0.15, 0.2) is 0 Å². The van der Waals surface area contributed by atoms with E-state index in [1.54, 1.807) is 18.2 Å². The lowest BCUT2D eigenvalue weighted by Gasteiger charge is -2.11. The third-order valence-electron chi connectivity index (χ3n) is 2.49. The molecule has 0 fully saturated rings. The summed E-state index contributed by atoms with van der Waals surface area (Å²) < 4.78 is 0. The third kappa shape index (κ3) is 5.94. The molecule has 0 saturated carbocycles. The van der Waals surface area contributed by atoms with Crippen molar-refractivity contribution in [1.29, 1.82) is 0 Å². The predicted octanol–water partition coefficient (Wildman–Crippen LogP) is 3.24. The summed E-state index contributed by atoms with van der Waals surface area (Å²) in [6.07, 6.45) is 0.589. The number of rotatable bonds is 5. The molecule has 1 aromatic rings. The zero-order chi connectivity index (χ0) is 14.4. The van der Waals surface area contributed by atoms with Crippen LogP contribution in [0.5, 0.6) is 0 Å². The fourth-order valence-corrected chi connectivity index (χ4v) is 1.93. The molecule has 1 atom stereocenters. The van der Waals surface area contributed by atoms with Gasteiger partial charge in [-0.1, -0.05) is 30.1 Å². The van der Waals surface area contributed by atoms with Gasteiger partial charge in [-0.3, -0.25) is 9.59 Å². The first kappa shape index (κ1) is 15.8. The van der Waals surface area contributed by atoms with Crippen molar-refractivity contribution in [2.24, 2.45) is 0 Å². The highest BCUT2D eigenvalue weighted by Crippen LogP contribution is 2.22. The maximum absolute atomic E-state index is 11.7. The third-order valence-corrected chi connectivity index (χ3v) is 2.92. The number of benzene rings is 1. The van der Waals surface area contributed by atoms with Gasteiger partial charge in [-0.15, -0.1) is 0 Å². The highest BCUT2D eigenvalue weighted by Gasteiger charge is 2.11. The average molecular weight is 303 g/mol. The molecule has 0 bridgehead atoms. The summed E-state index contributed by atoms with van der Waals surface area (Å²) in [4.78, 5) is 23.2. The second-order valence-corrected chi connectivity index (χ2v) is 5.13. The van der Waals surface area contributed by atoms with Crippen LogP contribution in [0.1, 0.15) is 26.7 Å². The van der Waals surface area contributed by atoms with E-state index in [1.807, 2.05) is 13.8 Å². The Morgan fingerprint density at radius 2 is 1.74 bits per heavy atom. The molecule has 0 aromatic heterocycles. The lowest BCUT2D eigenvalue weighted by Crippen LogP contribution is -2.34. The molecule has 0 spiro atoms. The molecule has 2 N–H and O–H groups in total. The van der Waals surface area contributed by atoms with Gasteiger partial charge in [-0.05, 0) is 31.5 Å². The molecule has 0 heterocycles. The molecule has 104 valence electrons. The molecule has 1 rings (SSSR count). The van der Waals surface area contributed by atoms with Crippen LogP contribution in [0.3, 0.4) is 0 Å². The van der Waals surface area contributed by atoms with E-state index in [9.17, 15) is 9.59 Å². The molecule has 6 heteroatoms. The van der Waals surface area contributed by atoms with E-state index in [2.05, 4.69) is 10.6 Å².